The van der Waals surface area contributed by atoms with Gasteiger partial charge in [0.25, 0.3) is 0 Å². The Morgan fingerprint density at radius 1 is 1.25 bits per heavy atom. The predicted octanol–water partition coefficient (Wildman–Crippen LogP) is 2.91. The van der Waals surface area contributed by atoms with Gasteiger partial charge in [-0.3, -0.25) is 9.78 Å². The van der Waals surface area contributed by atoms with Gasteiger partial charge in [-0.05, 0) is 49.4 Å². The Hall–Kier alpha value is -2.01. The molecule has 4 nitrogen and oxygen atoms in total. The zero-order chi connectivity index (χ0) is 16.5. The van der Waals surface area contributed by atoms with Crippen molar-refractivity contribution in [3.05, 3.63) is 41.8 Å². The van der Waals surface area contributed by atoms with Crippen LogP contribution in [-0.2, 0) is 11.3 Å². The van der Waals surface area contributed by atoms with Crippen LogP contribution in [0.1, 0.15) is 37.8 Å². The summed E-state index contributed by atoms with van der Waals surface area (Å²) in [5.74, 6) is 0.452. The largest absolute Gasteiger partial charge is 0.349 e. The second-order valence-electron chi connectivity index (χ2n) is 6.96. The molecule has 0 unspecified atom stereocenters. The van der Waals surface area contributed by atoms with Crippen molar-refractivity contribution in [1.82, 2.24) is 15.6 Å². The van der Waals surface area contributed by atoms with Crippen LogP contribution in [0.5, 0.6) is 0 Å². The predicted molar refractivity (Wildman–Crippen MR) is 90.8 cm³/mol. The van der Waals surface area contributed by atoms with E-state index in [4.69, 9.17) is 0 Å². The Labute approximate surface area is 140 Å². The number of hydrogen-bond donors (Lipinski definition) is 2. The lowest BCUT2D eigenvalue weighted by Crippen LogP contribution is -2.43. The van der Waals surface area contributed by atoms with Crippen LogP contribution in [0.2, 0.25) is 0 Å². The summed E-state index contributed by atoms with van der Waals surface area (Å²) < 4.78 is 13.2. The van der Waals surface area contributed by atoms with Crippen molar-refractivity contribution < 1.29 is 9.18 Å². The minimum absolute atomic E-state index is 0.0606. The molecule has 0 bridgehead atoms. The SMILES string of the molecule is O=C(NCc1ccc2cc(F)ccc2n1)[C@@H]1C[C@@H]2CCCC[C@@H]2N1. The van der Waals surface area contributed by atoms with E-state index in [0.29, 0.717) is 18.5 Å². The molecular weight excluding hydrogens is 305 g/mol. The van der Waals surface area contributed by atoms with Crippen LogP contribution in [0.4, 0.5) is 4.39 Å². The number of hydrogen-bond acceptors (Lipinski definition) is 3. The van der Waals surface area contributed by atoms with Crippen LogP contribution in [0.25, 0.3) is 10.9 Å². The van der Waals surface area contributed by atoms with Gasteiger partial charge < -0.3 is 10.6 Å². The van der Waals surface area contributed by atoms with Crippen LogP contribution >= 0.6 is 0 Å². The monoisotopic (exact) mass is 327 g/mol. The van der Waals surface area contributed by atoms with Gasteiger partial charge in [0, 0.05) is 11.4 Å². The maximum Gasteiger partial charge on any atom is 0.237 e. The lowest BCUT2D eigenvalue weighted by Gasteiger charge is -2.24. The van der Waals surface area contributed by atoms with E-state index in [2.05, 4.69) is 15.6 Å². The second kappa shape index (κ2) is 6.48. The molecule has 1 saturated carbocycles. The standard InChI is InChI=1S/C19H22FN3O/c20-14-6-8-17-13(9-14)5-7-15(22-17)11-21-19(24)18-10-12-3-1-2-4-16(12)23-18/h5-9,12,16,18,23H,1-4,10-11H2,(H,21,24)/t12-,16-,18-/m0/s1. The number of halogens is 1. The molecule has 5 heteroatoms. The highest BCUT2D eigenvalue weighted by atomic mass is 19.1. The molecular formula is C19H22FN3O. The number of carbonyl (C=O) groups excluding carboxylic acids is 1. The minimum atomic E-state index is -0.265. The highest BCUT2D eigenvalue weighted by Crippen LogP contribution is 2.33. The summed E-state index contributed by atoms with van der Waals surface area (Å²) in [7, 11) is 0. The number of carbonyl (C=O) groups is 1. The van der Waals surface area contributed by atoms with Crippen LogP contribution in [-0.4, -0.2) is 23.0 Å². The molecule has 1 aliphatic heterocycles. The normalized spacial score (nSPS) is 26.3. The lowest BCUT2D eigenvalue weighted by molar-refractivity contribution is -0.123. The molecule has 4 rings (SSSR count). The van der Waals surface area contributed by atoms with Crippen molar-refractivity contribution in [1.29, 1.82) is 0 Å². The van der Waals surface area contributed by atoms with E-state index in [9.17, 15) is 9.18 Å². The first-order chi connectivity index (χ1) is 11.7. The van der Waals surface area contributed by atoms with E-state index in [1.807, 2.05) is 12.1 Å². The Morgan fingerprint density at radius 2 is 2.12 bits per heavy atom. The first-order valence-corrected chi connectivity index (χ1v) is 8.78. The summed E-state index contributed by atoms with van der Waals surface area (Å²) >= 11 is 0. The van der Waals surface area contributed by atoms with Crippen molar-refractivity contribution >= 4 is 16.8 Å². The first kappa shape index (κ1) is 15.5. The minimum Gasteiger partial charge on any atom is -0.349 e. The van der Waals surface area contributed by atoms with Gasteiger partial charge in [-0.25, -0.2) is 4.39 Å². The number of nitrogens with one attached hydrogen (secondary N) is 2. The van der Waals surface area contributed by atoms with Crippen LogP contribution in [0.3, 0.4) is 0 Å². The van der Waals surface area contributed by atoms with Gasteiger partial charge >= 0.3 is 0 Å². The summed E-state index contributed by atoms with van der Waals surface area (Å²) in [6, 6.07) is 8.66. The maximum absolute atomic E-state index is 13.2. The van der Waals surface area contributed by atoms with E-state index in [1.165, 1.54) is 37.8 Å². The first-order valence-electron chi connectivity index (χ1n) is 8.78. The number of benzene rings is 1. The molecule has 2 aliphatic rings. The zero-order valence-corrected chi connectivity index (χ0v) is 13.6. The maximum atomic E-state index is 13.2. The van der Waals surface area contributed by atoms with E-state index in [-0.39, 0.29) is 17.8 Å². The van der Waals surface area contributed by atoms with Crippen molar-refractivity contribution in [2.45, 2.75) is 50.7 Å². The highest BCUT2D eigenvalue weighted by Gasteiger charge is 2.37. The molecule has 2 fully saturated rings. The number of aromatic nitrogens is 1. The topological polar surface area (TPSA) is 54.0 Å². The van der Waals surface area contributed by atoms with Gasteiger partial charge in [-0.15, -0.1) is 0 Å². The third kappa shape index (κ3) is 3.13. The average molecular weight is 327 g/mol. The number of amides is 1. The Kier molecular flexibility index (Phi) is 4.19. The van der Waals surface area contributed by atoms with Gasteiger partial charge in [0.2, 0.25) is 5.91 Å². The molecule has 1 aliphatic carbocycles. The van der Waals surface area contributed by atoms with Crippen LogP contribution in [0.15, 0.2) is 30.3 Å². The van der Waals surface area contributed by atoms with Crippen LogP contribution in [0, 0.1) is 11.7 Å². The van der Waals surface area contributed by atoms with Crippen molar-refractivity contribution in [2.24, 2.45) is 5.92 Å². The fourth-order valence-corrected chi connectivity index (χ4v) is 4.06. The average Bonchev–Trinajstić information content (AvgIpc) is 3.04. The molecule has 2 N–H and O–H groups in total. The Morgan fingerprint density at radius 3 is 3.00 bits per heavy atom. The van der Waals surface area contributed by atoms with Crippen molar-refractivity contribution in [2.75, 3.05) is 0 Å². The smallest absolute Gasteiger partial charge is 0.237 e. The van der Waals surface area contributed by atoms with E-state index >= 15 is 0 Å². The number of nitrogens with zero attached hydrogens (tertiary/aromatic N) is 1. The molecule has 1 aromatic heterocycles. The Balaban J connectivity index is 1.38. The molecule has 126 valence electrons. The molecule has 0 radical (unpaired) electrons. The van der Waals surface area contributed by atoms with Gasteiger partial charge in [-0.1, -0.05) is 18.9 Å². The summed E-state index contributed by atoms with van der Waals surface area (Å²) in [6.07, 6.45) is 5.94. The van der Waals surface area contributed by atoms with Crippen molar-refractivity contribution in [3.63, 3.8) is 0 Å². The van der Waals surface area contributed by atoms with E-state index in [0.717, 1.165) is 23.0 Å². The van der Waals surface area contributed by atoms with Gasteiger partial charge in [-0.2, -0.15) is 0 Å². The summed E-state index contributed by atoms with van der Waals surface area (Å²) in [5, 5.41) is 7.25. The number of rotatable bonds is 3. The third-order valence-electron chi connectivity index (χ3n) is 5.33. The highest BCUT2D eigenvalue weighted by molar-refractivity contribution is 5.82. The third-order valence-corrected chi connectivity index (χ3v) is 5.33. The number of fused-ring (bicyclic) bond motifs is 2. The fraction of sp³-hybridized carbons (Fsp3) is 0.474. The molecule has 1 aromatic carbocycles. The molecule has 2 aromatic rings. The molecule has 24 heavy (non-hydrogen) atoms. The molecule has 1 saturated heterocycles. The number of pyridine rings is 1. The molecule has 2 heterocycles. The van der Waals surface area contributed by atoms with Crippen molar-refractivity contribution in [3.8, 4) is 0 Å². The second-order valence-corrected chi connectivity index (χ2v) is 6.96. The quantitative estimate of drug-likeness (QED) is 0.911. The summed E-state index contributed by atoms with van der Waals surface area (Å²) in [6.45, 7) is 0.402. The van der Waals surface area contributed by atoms with E-state index < -0.39 is 0 Å². The summed E-state index contributed by atoms with van der Waals surface area (Å²) in [4.78, 5) is 16.9. The van der Waals surface area contributed by atoms with Gasteiger partial charge in [0.1, 0.15) is 5.82 Å². The molecule has 1 amide bonds. The zero-order valence-electron chi connectivity index (χ0n) is 13.6. The van der Waals surface area contributed by atoms with Gasteiger partial charge in [0.05, 0.1) is 23.8 Å². The summed E-state index contributed by atoms with van der Waals surface area (Å²) in [5.41, 5.74) is 1.53. The van der Waals surface area contributed by atoms with Crippen LogP contribution < -0.4 is 10.6 Å². The van der Waals surface area contributed by atoms with Gasteiger partial charge in [0.15, 0.2) is 0 Å². The Bertz CT molecular complexity index is 749. The van der Waals surface area contributed by atoms with E-state index in [1.54, 1.807) is 6.07 Å². The molecule has 3 atom stereocenters. The lowest BCUT2D eigenvalue weighted by atomic mass is 9.85. The fourth-order valence-electron chi connectivity index (χ4n) is 4.06. The molecule has 0 spiro atoms.